The minimum Gasteiger partial charge on any atom is -0.398 e. The van der Waals surface area contributed by atoms with Crippen molar-refractivity contribution in [3.8, 4) is 0 Å². The molecule has 1 amide bonds. The van der Waals surface area contributed by atoms with E-state index in [1.807, 2.05) is 0 Å². The van der Waals surface area contributed by atoms with Crippen molar-refractivity contribution in [1.29, 1.82) is 0 Å². The molecule has 0 fully saturated rings. The van der Waals surface area contributed by atoms with Crippen LogP contribution in [0.15, 0.2) is 18.2 Å². The normalized spacial score (nSPS) is 11.1. The first-order valence-electron chi connectivity index (χ1n) is 6.65. The van der Waals surface area contributed by atoms with Crippen LogP contribution < -0.4 is 5.73 Å². The zero-order chi connectivity index (χ0) is 14.6. The average molecular weight is 266 g/mol. The maximum atomic E-state index is 13.3. The molecule has 3 nitrogen and oxygen atoms in total. The van der Waals surface area contributed by atoms with E-state index >= 15 is 0 Å². The number of amides is 1. The van der Waals surface area contributed by atoms with Gasteiger partial charge in [0, 0.05) is 18.8 Å². The maximum absolute atomic E-state index is 13.3. The molecule has 0 bridgehead atoms. The number of carbonyl (C=O) groups excluding carboxylic acids is 1. The molecule has 0 radical (unpaired) electrons. The Labute approximate surface area is 114 Å². The van der Waals surface area contributed by atoms with E-state index in [1.165, 1.54) is 18.2 Å². The highest BCUT2D eigenvalue weighted by Crippen LogP contribution is 2.17. The lowest BCUT2D eigenvalue weighted by molar-refractivity contribution is 0.0715. The number of halogens is 1. The summed E-state index contributed by atoms with van der Waals surface area (Å²) in [6, 6.07) is 3.91. The lowest BCUT2D eigenvalue weighted by Gasteiger charge is -2.27. The summed E-state index contributed by atoms with van der Waals surface area (Å²) >= 11 is 0. The number of hydrogen-bond acceptors (Lipinski definition) is 2. The Kier molecular flexibility index (Phi) is 5.33. The predicted molar refractivity (Wildman–Crippen MR) is 76.4 cm³/mol. The van der Waals surface area contributed by atoms with Crippen molar-refractivity contribution in [2.45, 2.75) is 27.7 Å². The molecule has 4 heteroatoms. The van der Waals surface area contributed by atoms with Gasteiger partial charge in [0.05, 0.1) is 5.56 Å². The molecule has 0 aromatic heterocycles. The monoisotopic (exact) mass is 266 g/mol. The first-order chi connectivity index (χ1) is 8.81. The van der Waals surface area contributed by atoms with Crippen LogP contribution in [-0.4, -0.2) is 23.9 Å². The van der Waals surface area contributed by atoms with Crippen LogP contribution in [0.3, 0.4) is 0 Å². The third-order valence-corrected chi connectivity index (χ3v) is 2.70. The molecule has 2 N–H and O–H groups in total. The van der Waals surface area contributed by atoms with Gasteiger partial charge in [0.2, 0.25) is 0 Å². The van der Waals surface area contributed by atoms with Crippen LogP contribution in [0.5, 0.6) is 0 Å². The topological polar surface area (TPSA) is 46.3 Å². The molecule has 1 rings (SSSR count). The lowest BCUT2D eigenvalue weighted by atomic mass is 10.1. The van der Waals surface area contributed by atoms with Crippen LogP contribution in [0.4, 0.5) is 10.1 Å². The van der Waals surface area contributed by atoms with Crippen LogP contribution in [-0.2, 0) is 0 Å². The van der Waals surface area contributed by atoms with Gasteiger partial charge in [-0.05, 0) is 30.0 Å². The Morgan fingerprint density at radius 3 is 2.21 bits per heavy atom. The van der Waals surface area contributed by atoms with Crippen LogP contribution >= 0.6 is 0 Å². The van der Waals surface area contributed by atoms with Gasteiger partial charge in [-0.15, -0.1) is 0 Å². The third kappa shape index (κ3) is 4.54. The quantitative estimate of drug-likeness (QED) is 0.832. The van der Waals surface area contributed by atoms with Crippen LogP contribution in [0.25, 0.3) is 0 Å². The fraction of sp³-hybridized carbons (Fsp3) is 0.533. The summed E-state index contributed by atoms with van der Waals surface area (Å²) in [4.78, 5) is 14.2. The summed E-state index contributed by atoms with van der Waals surface area (Å²) in [5.41, 5.74) is 6.35. The summed E-state index contributed by atoms with van der Waals surface area (Å²) in [7, 11) is 0. The van der Waals surface area contributed by atoms with E-state index in [0.717, 1.165) is 0 Å². The van der Waals surface area contributed by atoms with Crippen LogP contribution in [0.2, 0.25) is 0 Å². The minimum atomic E-state index is -0.438. The highest BCUT2D eigenvalue weighted by molar-refractivity contribution is 5.99. The molecule has 0 aliphatic rings. The molecule has 0 spiro atoms. The minimum absolute atomic E-state index is 0.195. The molecule has 0 aliphatic carbocycles. The Hall–Kier alpha value is -1.58. The fourth-order valence-corrected chi connectivity index (χ4v) is 2.01. The van der Waals surface area contributed by atoms with E-state index in [2.05, 4.69) is 27.7 Å². The Morgan fingerprint density at radius 2 is 1.74 bits per heavy atom. The van der Waals surface area contributed by atoms with Gasteiger partial charge in [-0.3, -0.25) is 4.79 Å². The first kappa shape index (κ1) is 15.5. The zero-order valence-corrected chi connectivity index (χ0v) is 12.1. The molecule has 0 aliphatic heterocycles. The van der Waals surface area contributed by atoms with E-state index < -0.39 is 5.82 Å². The lowest BCUT2D eigenvalue weighted by Crippen LogP contribution is -2.37. The second-order valence-corrected chi connectivity index (χ2v) is 5.73. The summed E-state index contributed by atoms with van der Waals surface area (Å²) in [5.74, 6) is 0.0842. The highest BCUT2D eigenvalue weighted by Gasteiger charge is 2.20. The predicted octanol–water partition coefficient (Wildman–Crippen LogP) is 3.16. The van der Waals surface area contributed by atoms with Crippen LogP contribution in [0.1, 0.15) is 38.1 Å². The van der Waals surface area contributed by atoms with Gasteiger partial charge in [0.25, 0.3) is 5.91 Å². The van der Waals surface area contributed by atoms with E-state index in [-0.39, 0.29) is 11.5 Å². The number of nitrogens with two attached hydrogens (primary N) is 1. The average Bonchev–Trinajstić information content (AvgIpc) is 2.29. The molecule has 0 heterocycles. The van der Waals surface area contributed by atoms with E-state index in [1.54, 1.807) is 4.90 Å². The molecule has 1 aromatic carbocycles. The summed E-state index contributed by atoms with van der Waals surface area (Å²) in [5, 5.41) is 0. The second kappa shape index (κ2) is 6.55. The molecular weight excluding hydrogens is 243 g/mol. The zero-order valence-electron chi connectivity index (χ0n) is 12.1. The number of hydrogen-bond donors (Lipinski definition) is 1. The van der Waals surface area contributed by atoms with Crippen molar-refractivity contribution < 1.29 is 9.18 Å². The van der Waals surface area contributed by atoms with Crippen molar-refractivity contribution in [3.05, 3.63) is 29.6 Å². The van der Waals surface area contributed by atoms with Crippen molar-refractivity contribution in [1.82, 2.24) is 4.90 Å². The van der Waals surface area contributed by atoms with Gasteiger partial charge < -0.3 is 10.6 Å². The number of anilines is 1. The standard InChI is InChI=1S/C15H23FN2O/c1-10(2)8-18(9-11(3)4)15(19)13-7-12(16)5-6-14(13)17/h5-7,10-11H,8-9,17H2,1-4H3. The Morgan fingerprint density at radius 1 is 1.21 bits per heavy atom. The summed E-state index contributed by atoms with van der Waals surface area (Å²) in [6.45, 7) is 9.50. The van der Waals surface area contributed by atoms with E-state index in [4.69, 9.17) is 5.73 Å². The molecule has 0 saturated carbocycles. The number of nitrogens with zero attached hydrogens (tertiary/aromatic N) is 1. The van der Waals surface area contributed by atoms with Gasteiger partial charge in [0.1, 0.15) is 5.82 Å². The molecule has 19 heavy (non-hydrogen) atoms. The SMILES string of the molecule is CC(C)CN(CC(C)C)C(=O)c1cc(F)ccc1N. The van der Waals surface area contributed by atoms with E-state index in [0.29, 0.717) is 30.6 Å². The smallest absolute Gasteiger partial charge is 0.256 e. The van der Waals surface area contributed by atoms with Gasteiger partial charge in [-0.1, -0.05) is 27.7 Å². The summed E-state index contributed by atoms with van der Waals surface area (Å²) < 4.78 is 13.3. The van der Waals surface area contributed by atoms with E-state index in [9.17, 15) is 9.18 Å². The Balaban J connectivity index is 3.00. The molecule has 0 unspecified atom stereocenters. The van der Waals surface area contributed by atoms with Crippen LogP contribution in [0, 0.1) is 17.7 Å². The van der Waals surface area contributed by atoms with Gasteiger partial charge in [-0.25, -0.2) is 4.39 Å². The molecule has 0 saturated heterocycles. The first-order valence-corrected chi connectivity index (χ1v) is 6.65. The molecule has 1 aromatic rings. The summed E-state index contributed by atoms with van der Waals surface area (Å²) in [6.07, 6.45) is 0. The van der Waals surface area contributed by atoms with Gasteiger partial charge in [-0.2, -0.15) is 0 Å². The number of benzene rings is 1. The number of rotatable bonds is 5. The van der Waals surface area contributed by atoms with Crippen molar-refractivity contribution >= 4 is 11.6 Å². The van der Waals surface area contributed by atoms with Crippen molar-refractivity contribution in [2.24, 2.45) is 11.8 Å². The Bertz CT molecular complexity index is 434. The largest absolute Gasteiger partial charge is 0.398 e. The fourth-order valence-electron chi connectivity index (χ4n) is 2.01. The molecule has 0 atom stereocenters. The third-order valence-electron chi connectivity index (χ3n) is 2.70. The van der Waals surface area contributed by atoms with Gasteiger partial charge >= 0.3 is 0 Å². The highest BCUT2D eigenvalue weighted by atomic mass is 19.1. The van der Waals surface area contributed by atoms with Gasteiger partial charge in [0.15, 0.2) is 0 Å². The number of carbonyl (C=O) groups is 1. The number of nitrogen functional groups attached to an aromatic ring is 1. The molecular formula is C15H23FN2O. The maximum Gasteiger partial charge on any atom is 0.256 e. The van der Waals surface area contributed by atoms with Crippen molar-refractivity contribution in [3.63, 3.8) is 0 Å². The van der Waals surface area contributed by atoms with Crippen molar-refractivity contribution in [2.75, 3.05) is 18.8 Å². The molecule has 106 valence electrons. The second-order valence-electron chi connectivity index (χ2n) is 5.73.